The Kier molecular flexibility index (Phi) is 3.02. The van der Waals surface area contributed by atoms with Crippen LogP contribution >= 0.6 is 15.9 Å². The molecule has 90 valence electrons. The van der Waals surface area contributed by atoms with Crippen molar-refractivity contribution in [1.29, 1.82) is 0 Å². The number of rotatable bonds is 3. The second kappa shape index (κ2) is 4.82. The first-order valence-corrected chi connectivity index (χ1v) is 6.42. The van der Waals surface area contributed by atoms with Gasteiger partial charge in [-0.15, -0.1) is 0 Å². The Morgan fingerprint density at radius 3 is 2.83 bits per heavy atom. The molecule has 3 nitrogen and oxygen atoms in total. The lowest BCUT2D eigenvalue weighted by Crippen LogP contribution is -1.95. The van der Waals surface area contributed by atoms with Gasteiger partial charge >= 0.3 is 0 Å². The van der Waals surface area contributed by atoms with Crippen molar-refractivity contribution in [2.75, 3.05) is 0 Å². The number of nitrogens with one attached hydrogen (secondary N) is 1. The predicted molar refractivity (Wildman–Crippen MR) is 74.6 cm³/mol. The summed E-state index contributed by atoms with van der Waals surface area (Å²) in [5.41, 5.74) is 1.97. The van der Waals surface area contributed by atoms with Crippen LogP contribution in [0.3, 0.4) is 0 Å². The van der Waals surface area contributed by atoms with E-state index in [4.69, 9.17) is 4.74 Å². The van der Waals surface area contributed by atoms with E-state index in [2.05, 4.69) is 25.9 Å². The maximum absolute atomic E-state index is 5.85. The van der Waals surface area contributed by atoms with E-state index in [-0.39, 0.29) is 0 Å². The van der Waals surface area contributed by atoms with Gasteiger partial charge in [0.1, 0.15) is 18.0 Å². The van der Waals surface area contributed by atoms with Crippen LogP contribution in [0.15, 0.2) is 53.3 Å². The first-order valence-electron chi connectivity index (χ1n) is 5.63. The fourth-order valence-electron chi connectivity index (χ4n) is 1.84. The van der Waals surface area contributed by atoms with Gasteiger partial charge in [-0.3, -0.25) is 0 Å². The normalized spacial score (nSPS) is 10.7. The molecule has 2 aromatic heterocycles. The SMILES string of the molecule is Brc1c[nH]c2nccc(OCc3ccccc3)c12. The Balaban J connectivity index is 1.89. The minimum atomic E-state index is 0.553. The van der Waals surface area contributed by atoms with Crippen LogP contribution in [0.25, 0.3) is 11.0 Å². The van der Waals surface area contributed by atoms with Crippen molar-refractivity contribution >= 4 is 27.0 Å². The first-order chi connectivity index (χ1) is 8.84. The molecular weight excluding hydrogens is 292 g/mol. The van der Waals surface area contributed by atoms with Crippen LogP contribution in [0.2, 0.25) is 0 Å². The van der Waals surface area contributed by atoms with E-state index in [0.29, 0.717) is 6.61 Å². The standard InChI is InChI=1S/C14H11BrN2O/c15-11-8-17-14-13(11)12(6-7-16-14)18-9-10-4-2-1-3-5-10/h1-8H,9H2,(H,16,17). The number of ether oxygens (including phenoxy) is 1. The molecule has 0 saturated carbocycles. The lowest BCUT2D eigenvalue weighted by atomic mass is 10.2. The van der Waals surface area contributed by atoms with Crippen molar-refractivity contribution in [1.82, 2.24) is 9.97 Å². The molecule has 0 bridgehead atoms. The number of aromatic nitrogens is 2. The summed E-state index contributed by atoms with van der Waals surface area (Å²) < 4.78 is 6.82. The minimum absolute atomic E-state index is 0.553. The summed E-state index contributed by atoms with van der Waals surface area (Å²) >= 11 is 3.49. The van der Waals surface area contributed by atoms with Crippen LogP contribution in [0.4, 0.5) is 0 Å². The smallest absolute Gasteiger partial charge is 0.142 e. The highest BCUT2D eigenvalue weighted by atomic mass is 79.9. The fraction of sp³-hybridized carbons (Fsp3) is 0.0714. The number of nitrogens with zero attached hydrogens (tertiary/aromatic N) is 1. The van der Waals surface area contributed by atoms with Crippen LogP contribution in [-0.4, -0.2) is 9.97 Å². The number of fused-ring (bicyclic) bond motifs is 1. The zero-order chi connectivity index (χ0) is 12.4. The molecule has 1 aromatic carbocycles. The average Bonchev–Trinajstić information content (AvgIpc) is 2.80. The molecule has 18 heavy (non-hydrogen) atoms. The largest absolute Gasteiger partial charge is 0.488 e. The molecule has 0 fully saturated rings. The molecule has 0 saturated heterocycles. The average molecular weight is 303 g/mol. The Hall–Kier alpha value is -1.81. The van der Waals surface area contributed by atoms with Crippen LogP contribution in [0, 0.1) is 0 Å². The van der Waals surface area contributed by atoms with Gasteiger partial charge in [0.25, 0.3) is 0 Å². The second-order valence-corrected chi connectivity index (χ2v) is 4.80. The van der Waals surface area contributed by atoms with Gasteiger partial charge in [-0.25, -0.2) is 4.98 Å². The third-order valence-corrected chi connectivity index (χ3v) is 3.35. The highest BCUT2D eigenvalue weighted by molar-refractivity contribution is 9.10. The molecule has 0 radical (unpaired) electrons. The summed E-state index contributed by atoms with van der Waals surface area (Å²) in [5, 5.41) is 0.980. The number of pyridine rings is 1. The first kappa shape index (κ1) is 11.3. The van der Waals surface area contributed by atoms with Gasteiger partial charge in [-0.05, 0) is 27.6 Å². The zero-order valence-corrected chi connectivity index (χ0v) is 11.1. The third kappa shape index (κ3) is 2.11. The molecule has 1 N–H and O–H groups in total. The lowest BCUT2D eigenvalue weighted by Gasteiger charge is -2.07. The molecule has 0 atom stereocenters. The van der Waals surface area contributed by atoms with Crippen LogP contribution in [-0.2, 0) is 6.61 Å². The highest BCUT2D eigenvalue weighted by Gasteiger charge is 2.08. The fourth-order valence-corrected chi connectivity index (χ4v) is 2.34. The number of benzene rings is 1. The molecule has 3 aromatic rings. The van der Waals surface area contributed by atoms with Crippen molar-refractivity contribution in [3.8, 4) is 5.75 Å². The Bertz CT molecular complexity index is 664. The summed E-state index contributed by atoms with van der Waals surface area (Å²) in [6.07, 6.45) is 3.61. The van der Waals surface area contributed by atoms with Gasteiger partial charge in [-0.2, -0.15) is 0 Å². The van der Waals surface area contributed by atoms with Crippen LogP contribution in [0.5, 0.6) is 5.75 Å². The molecular formula is C14H11BrN2O. The molecule has 2 heterocycles. The predicted octanol–water partition coefficient (Wildman–Crippen LogP) is 3.90. The van der Waals surface area contributed by atoms with Crippen molar-refractivity contribution in [2.24, 2.45) is 0 Å². The molecule has 0 spiro atoms. The van der Waals surface area contributed by atoms with Crippen LogP contribution < -0.4 is 4.74 Å². The molecule has 0 amide bonds. The topological polar surface area (TPSA) is 37.9 Å². The Morgan fingerprint density at radius 1 is 1.17 bits per heavy atom. The third-order valence-electron chi connectivity index (χ3n) is 2.72. The van der Waals surface area contributed by atoms with Gasteiger partial charge in [0.2, 0.25) is 0 Å². The van der Waals surface area contributed by atoms with E-state index in [1.807, 2.05) is 42.6 Å². The van der Waals surface area contributed by atoms with Crippen molar-refractivity contribution in [3.63, 3.8) is 0 Å². The van der Waals surface area contributed by atoms with Gasteiger partial charge in [0.05, 0.1) is 5.39 Å². The van der Waals surface area contributed by atoms with E-state index in [1.54, 1.807) is 6.20 Å². The number of halogens is 1. The molecule has 0 aliphatic heterocycles. The van der Waals surface area contributed by atoms with Gasteiger partial charge in [0.15, 0.2) is 0 Å². The summed E-state index contributed by atoms with van der Waals surface area (Å²) in [7, 11) is 0. The molecule has 0 aliphatic carbocycles. The van der Waals surface area contributed by atoms with E-state index in [9.17, 15) is 0 Å². The molecule has 0 aliphatic rings. The summed E-state index contributed by atoms with van der Waals surface area (Å²) in [6, 6.07) is 12.0. The molecule has 3 rings (SSSR count). The van der Waals surface area contributed by atoms with Crippen LogP contribution in [0.1, 0.15) is 5.56 Å². The summed E-state index contributed by atoms with van der Waals surface area (Å²) in [5.74, 6) is 0.831. The van der Waals surface area contributed by atoms with E-state index in [1.165, 1.54) is 0 Å². The highest BCUT2D eigenvalue weighted by Crippen LogP contribution is 2.31. The Morgan fingerprint density at radius 2 is 2.00 bits per heavy atom. The lowest BCUT2D eigenvalue weighted by molar-refractivity contribution is 0.310. The summed E-state index contributed by atoms with van der Waals surface area (Å²) in [6.45, 7) is 0.553. The van der Waals surface area contributed by atoms with E-state index >= 15 is 0 Å². The molecule has 4 heteroatoms. The Labute approximate surface area is 113 Å². The molecule has 0 unspecified atom stereocenters. The van der Waals surface area contributed by atoms with Crippen molar-refractivity contribution in [3.05, 3.63) is 58.8 Å². The number of H-pyrrole nitrogens is 1. The number of hydrogen-bond acceptors (Lipinski definition) is 2. The summed E-state index contributed by atoms with van der Waals surface area (Å²) in [4.78, 5) is 7.34. The van der Waals surface area contributed by atoms with Crippen molar-refractivity contribution in [2.45, 2.75) is 6.61 Å². The van der Waals surface area contributed by atoms with Gasteiger partial charge in [0, 0.05) is 16.9 Å². The monoisotopic (exact) mass is 302 g/mol. The van der Waals surface area contributed by atoms with E-state index < -0.39 is 0 Å². The minimum Gasteiger partial charge on any atom is -0.488 e. The maximum atomic E-state index is 5.85. The number of aromatic amines is 1. The maximum Gasteiger partial charge on any atom is 0.142 e. The van der Waals surface area contributed by atoms with E-state index in [0.717, 1.165) is 26.8 Å². The second-order valence-electron chi connectivity index (χ2n) is 3.94. The quantitative estimate of drug-likeness (QED) is 0.796. The number of hydrogen-bond donors (Lipinski definition) is 1. The van der Waals surface area contributed by atoms with Gasteiger partial charge < -0.3 is 9.72 Å². The zero-order valence-electron chi connectivity index (χ0n) is 9.56. The van der Waals surface area contributed by atoms with Crippen molar-refractivity contribution < 1.29 is 4.74 Å². The van der Waals surface area contributed by atoms with Gasteiger partial charge in [-0.1, -0.05) is 30.3 Å².